The van der Waals surface area contributed by atoms with Crippen molar-refractivity contribution >= 4 is 23.6 Å². The van der Waals surface area contributed by atoms with Crippen molar-refractivity contribution in [2.75, 3.05) is 26.0 Å². The van der Waals surface area contributed by atoms with Gasteiger partial charge in [0.2, 0.25) is 5.91 Å². The minimum absolute atomic E-state index is 0.117. The molecule has 3 amide bonds. The van der Waals surface area contributed by atoms with E-state index in [2.05, 4.69) is 15.4 Å². The average Bonchev–Trinajstić information content (AvgIpc) is 2.66. The van der Waals surface area contributed by atoms with Crippen LogP contribution in [0.4, 0.5) is 10.5 Å². The van der Waals surface area contributed by atoms with E-state index in [1.54, 1.807) is 37.4 Å². The maximum atomic E-state index is 12.2. The number of hydrogen-bond acceptors (Lipinski definition) is 4. The van der Waals surface area contributed by atoms with Crippen LogP contribution in [0.5, 0.6) is 0 Å². The number of carbonyl (C=O) groups excluding carboxylic acids is 3. The number of hydrogen-bond donors (Lipinski definition) is 2. The van der Waals surface area contributed by atoms with Crippen molar-refractivity contribution in [3.05, 3.63) is 65.2 Å². The van der Waals surface area contributed by atoms with Crippen molar-refractivity contribution in [1.29, 1.82) is 0 Å². The van der Waals surface area contributed by atoms with Crippen molar-refractivity contribution in [3.8, 4) is 0 Å². The van der Waals surface area contributed by atoms with E-state index in [-0.39, 0.29) is 12.5 Å². The van der Waals surface area contributed by atoms with Crippen LogP contribution in [-0.2, 0) is 16.1 Å². The fraction of sp³-hybridized carbons (Fsp3) is 0.250. The van der Waals surface area contributed by atoms with Crippen molar-refractivity contribution in [2.24, 2.45) is 0 Å². The number of carbonyl (C=O) groups is 3. The Bertz CT molecular complexity index is 818. The third-order valence-corrected chi connectivity index (χ3v) is 3.90. The molecule has 0 aliphatic rings. The fourth-order valence-corrected chi connectivity index (χ4v) is 2.42. The van der Waals surface area contributed by atoms with E-state index in [1.165, 1.54) is 12.0 Å². The van der Waals surface area contributed by atoms with Crippen molar-refractivity contribution in [2.45, 2.75) is 13.5 Å². The van der Waals surface area contributed by atoms with E-state index in [9.17, 15) is 14.4 Å². The second-order valence-corrected chi connectivity index (χ2v) is 6.12. The Hall–Kier alpha value is -3.35. The lowest BCUT2D eigenvalue weighted by Gasteiger charge is -2.18. The Morgan fingerprint density at radius 3 is 2.41 bits per heavy atom. The summed E-state index contributed by atoms with van der Waals surface area (Å²) >= 11 is 0. The largest absolute Gasteiger partial charge is 0.465 e. The summed E-state index contributed by atoms with van der Waals surface area (Å²) < 4.78 is 4.65. The van der Waals surface area contributed by atoms with Gasteiger partial charge in [0.15, 0.2) is 0 Å². The lowest BCUT2D eigenvalue weighted by molar-refractivity contribution is -0.129. The molecule has 27 heavy (non-hydrogen) atoms. The molecule has 0 saturated carbocycles. The second-order valence-electron chi connectivity index (χ2n) is 6.12. The first-order chi connectivity index (χ1) is 12.9. The van der Waals surface area contributed by atoms with Crippen molar-refractivity contribution in [3.63, 3.8) is 0 Å². The molecule has 0 atom stereocenters. The normalized spacial score (nSPS) is 10.0. The van der Waals surface area contributed by atoms with E-state index in [0.29, 0.717) is 17.8 Å². The molecule has 0 aromatic heterocycles. The Kier molecular flexibility index (Phi) is 6.93. The molecule has 0 fully saturated rings. The summed E-state index contributed by atoms with van der Waals surface area (Å²) in [6.07, 6.45) is 0. The number of likely N-dealkylation sites (N-methyl/N-ethyl adjacent to an activating group) is 1. The first-order valence-corrected chi connectivity index (χ1v) is 8.42. The number of benzene rings is 2. The Morgan fingerprint density at radius 1 is 1.07 bits per heavy atom. The van der Waals surface area contributed by atoms with Gasteiger partial charge in [-0.15, -0.1) is 0 Å². The number of nitrogens with one attached hydrogen (secondary N) is 2. The zero-order chi connectivity index (χ0) is 19.8. The SMILES string of the molecule is COC(=O)c1ccc(CN(C)C(=O)CNC(=O)Nc2cccc(C)c2)cc1. The molecule has 2 N–H and O–H groups in total. The summed E-state index contributed by atoms with van der Waals surface area (Å²) in [6, 6.07) is 13.8. The number of urea groups is 1. The lowest BCUT2D eigenvalue weighted by atomic mass is 10.1. The van der Waals surface area contributed by atoms with Crippen LogP contribution in [-0.4, -0.2) is 43.5 Å². The molecule has 0 saturated heterocycles. The summed E-state index contributed by atoms with van der Waals surface area (Å²) in [5.74, 6) is -0.638. The number of esters is 1. The van der Waals surface area contributed by atoms with Crippen LogP contribution < -0.4 is 10.6 Å². The van der Waals surface area contributed by atoms with Crippen LogP contribution in [0, 0.1) is 6.92 Å². The maximum Gasteiger partial charge on any atom is 0.337 e. The summed E-state index contributed by atoms with van der Waals surface area (Å²) in [6.45, 7) is 2.18. The number of anilines is 1. The van der Waals surface area contributed by atoms with E-state index in [1.807, 2.05) is 25.1 Å². The molecule has 2 aromatic rings. The van der Waals surface area contributed by atoms with Crippen LogP contribution >= 0.6 is 0 Å². The molecule has 2 rings (SSSR count). The molecule has 0 heterocycles. The highest BCUT2D eigenvalue weighted by atomic mass is 16.5. The molecule has 142 valence electrons. The maximum absolute atomic E-state index is 12.2. The highest BCUT2D eigenvalue weighted by Crippen LogP contribution is 2.09. The number of nitrogens with zero attached hydrogens (tertiary/aromatic N) is 1. The zero-order valence-corrected chi connectivity index (χ0v) is 15.6. The first-order valence-electron chi connectivity index (χ1n) is 8.42. The molecule has 0 radical (unpaired) electrons. The van der Waals surface area contributed by atoms with Crippen molar-refractivity contribution in [1.82, 2.24) is 10.2 Å². The third-order valence-electron chi connectivity index (χ3n) is 3.90. The van der Waals surface area contributed by atoms with E-state index in [4.69, 9.17) is 0 Å². The number of methoxy groups -OCH3 is 1. The number of aryl methyl sites for hydroxylation is 1. The third kappa shape index (κ3) is 6.14. The van der Waals surface area contributed by atoms with Crippen LogP contribution in [0.1, 0.15) is 21.5 Å². The van der Waals surface area contributed by atoms with Gasteiger partial charge >= 0.3 is 12.0 Å². The zero-order valence-electron chi connectivity index (χ0n) is 15.6. The first kappa shape index (κ1) is 20.0. The van der Waals surface area contributed by atoms with E-state index >= 15 is 0 Å². The predicted octanol–water partition coefficient (Wildman–Crippen LogP) is 2.56. The quantitative estimate of drug-likeness (QED) is 0.766. The highest BCUT2D eigenvalue weighted by Gasteiger charge is 2.12. The monoisotopic (exact) mass is 369 g/mol. The van der Waals surface area contributed by atoms with Gasteiger partial charge in [0.05, 0.1) is 19.2 Å². The molecule has 7 heteroatoms. The minimum atomic E-state index is -0.440. The number of rotatable bonds is 6. The minimum Gasteiger partial charge on any atom is -0.465 e. The van der Waals surface area contributed by atoms with Crippen LogP contribution in [0.15, 0.2) is 48.5 Å². The Labute approximate surface area is 158 Å². The Balaban J connectivity index is 1.81. The standard InChI is InChI=1S/C20H23N3O4/c1-14-5-4-6-17(11-14)22-20(26)21-12-18(24)23(2)13-15-7-9-16(10-8-15)19(25)27-3/h4-11H,12-13H2,1-3H3,(H2,21,22,26). The van der Waals surface area contributed by atoms with Gasteiger partial charge in [-0.2, -0.15) is 0 Å². The van der Waals surface area contributed by atoms with Gasteiger partial charge < -0.3 is 20.3 Å². The molecule has 0 bridgehead atoms. The second kappa shape index (κ2) is 9.38. The fourth-order valence-electron chi connectivity index (χ4n) is 2.42. The molecule has 0 unspecified atom stereocenters. The van der Waals surface area contributed by atoms with Crippen LogP contribution in [0.25, 0.3) is 0 Å². The summed E-state index contributed by atoms with van der Waals surface area (Å²) in [4.78, 5) is 37.0. The highest BCUT2D eigenvalue weighted by molar-refractivity contribution is 5.92. The molecule has 0 aliphatic heterocycles. The summed E-state index contributed by atoms with van der Waals surface area (Å²) in [7, 11) is 2.97. The molecular weight excluding hydrogens is 346 g/mol. The topological polar surface area (TPSA) is 87.7 Å². The van der Waals surface area contributed by atoms with Crippen molar-refractivity contribution < 1.29 is 19.1 Å². The predicted molar refractivity (Wildman–Crippen MR) is 102 cm³/mol. The van der Waals surface area contributed by atoms with Crippen LogP contribution in [0.3, 0.4) is 0 Å². The molecule has 7 nitrogen and oxygen atoms in total. The summed E-state index contributed by atoms with van der Waals surface area (Å²) in [5, 5.41) is 5.23. The number of amides is 3. The molecule has 0 spiro atoms. The smallest absolute Gasteiger partial charge is 0.337 e. The van der Waals surface area contributed by atoms with Gasteiger partial charge in [0.1, 0.15) is 0 Å². The van der Waals surface area contributed by atoms with Gasteiger partial charge in [0, 0.05) is 19.3 Å². The van der Waals surface area contributed by atoms with Gasteiger partial charge in [-0.05, 0) is 42.3 Å². The van der Waals surface area contributed by atoms with E-state index in [0.717, 1.165) is 11.1 Å². The average molecular weight is 369 g/mol. The van der Waals surface area contributed by atoms with Gasteiger partial charge in [-0.3, -0.25) is 4.79 Å². The molecule has 0 aliphatic carbocycles. The Morgan fingerprint density at radius 2 is 1.78 bits per heavy atom. The van der Waals surface area contributed by atoms with Gasteiger partial charge in [-0.25, -0.2) is 9.59 Å². The number of ether oxygens (including phenoxy) is 1. The molecule has 2 aromatic carbocycles. The van der Waals surface area contributed by atoms with E-state index < -0.39 is 12.0 Å². The molecular formula is C20H23N3O4. The lowest BCUT2D eigenvalue weighted by Crippen LogP contribution is -2.39. The van der Waals surface area contributed by atoms with Gasteiger partial charge in [-0.1, -0.05) is 24.3 Å². The van der Waals surface area contributed by atoms with Gasteiger partial charge in [0.25, 0.3) is 0 Å². The van der Waals surface area contributed by atoms with Crippen LogP contribution in [0.2, 0.25) is 0 Å². The summed E-state index contributed by atoms with van der Waals surface area (Å²) in [5.41, 5.74) is 3.01.